The molecule has 2 aliphatic rings. The molecule has 0 aromatic carbocycles. The molecule has 1 aliphatic heterocycles. The van der Waals surface area contributed by atoms with Gasteiger partial charge in [0.25, 0.3) is 0 Å². The minimum absolute atomic E-state index is 0.0406. The van der Waals surface area contributed by atoms with Gasteiger partial charge in [0.15, 0.2) is 5.82 Å². The molecule has 0 spiro atoms. The van der Waals surface area contributed by atoms with E-state index in [9.17, 15) is 4.79 Å². The lowest BCUT2D eigenvalue weighted by Gasteiger charge is -2.14. The Labute approximate surface area is 130 Å². The van der Waals surface area contributed by atoms with Gasteiger partial charge in [-0.05, 0) is 42.5 Å². The van der Waals surface area contributed by atoms with Crippen molar-refractivity contribution >= 4 is 5.91 Å². The number of nitrogens with zero attached hydrogens (tertiary/aromatic N) is 4. The van der Waals surface area contributed by atoms with Gasteiger partial charge >= 0.3 is 0 Å². The smallest absolute Gasteiger partial charge is 0.230 e. The van der Waals surface area contributed by atoms with Crippen LogP contribution in [0.15, 0.2) is 0 Å². The number of aryl methyl sites for hydroxylation is 1. The zero-order valence-electron chi connectivity index (χ0n) is 13.0. The molecule has 7 heteroatoms. The van der Waals surface area contributed by atoms with E-state index in [1.54, 1.807) is 4.68 Å². The standard InChI is InChI=1S/C15H25N5O2/c21-15(16-9-5-11-22-12-6-1-2-7-12)13-8-3-4-10-20-14(13)17-18-19-20/h12-13H,1-11H2,(H,16,21). The van der Waals surface area contributed by atoms with Gasteiger partial charge in [0.1, 0.15) is 0 Å². The van der Waals surface area contributed by atoms with E-state index in [1.165, 1.54) is 25.7 Å². The summed E-state index contributed by atoms with van der Waals surface area (Å²) in [6.07, 6.45) is 9.14. The zero-order valence-corrected chi connectivity index (χ0v) is 13.0. The Kier molecular flexibility index (Phi) is 5.37. The molecule has 7 nitrogen and oxygen atoms in total. The van der Waals surface area contributed by atoms with E-state index in [4.69, 9.17) is 4.74 Å². The van der Waals surface area contributed by atoms with Gasteiger partial charge in [-0.3, -0.25) is 4.79 Å². The van der Waals surface area contributed by atoms with Gasteiger partial charge in [-0.2, -0.15) is 0 Å². The van der Waals surface area contributed by atoms with Crippen molar-refractivity contribution in [3.8, 4) is 0 Å². The van der Waals surface area contributed by atoms with Gasteiger partial charge in [0.2, 0.25) is 5.91 Å². The number of carbonyl (C=O) groups excluding carboxylic acids is 1. The highest BCUT2D eigenvalue weighted by molar-refractivity contribution is 5.82. The van der Waals surface area contributed by atoms with Gasteiger partial charge in [-0.15, -0.1) is 5.10 Å². The number of fused-ring (bicyclic) bond motifs is 1. The number of tetrazole rings is 1. The number of ether oxygens (including phenoxy) is 1. The largest absolute Gasteiger partial charge is 0.378 e. The van der Waals surface area contributed by atoms with Gasteiger partial charge in [0.05, 0.1) is 12.0 Å². The van der Waals surface area contributed by atoms with Crippen LogP contribution >= 0.6 is 0 Å². The molecular weight excluding hydrogens is 282 g/mol. The van der Waals surface area contributed by atoms with E-state index in [-0.39, 0.29) is 11.8 Å². The highest BCUT2D eigenvalue weighted by Gasteiger charge is 2.28. The molecule has 0 bridgehead atoms. The second kappa shape index (κ2) is 7.67. The number of carbonyl (C=O) groups is 1. The first kappa shape index (κ1) is 15.4. The number of rotatable bonds is 6. The Morgan fingerprint density at radius 3 is 2.91 bits per heavy atom. The molecule has 1 atom stereocenters. The van der Waals surface area contributed by atoms with Crippen LogP contribution in [0.1, 0.15) is 63.1 Å². The summed E-state index contributed by atoms with van der Waals surface area (Å²) in [4.78, 5) is 12.4. The van der Waals surface area contributed by atoms with Crippen LogP contribution in [0.4, 0.5) is 0 Å². The lowest BCUT2D eigenvalue weighted by Crippen LogP contribution is -2.32. The first-order chi connectivity index (χ1) is 10.8. The summed E-state index contributed by atoms with van der Waals surface area (Å²) in [6.45, 7) is 2.19. The van der Waals surface area contributed by atoms with Crippen molar-refractivity contribution in [1.82, 2.24) is 25.5 Å². The van der Waals surface area contributed by atoms with Crippen molar-refractivity contribution < 1.29 is 9.53 Å². The molecule has 1 aromatic rings. The molecule has 3 rings (SSSR count). The van der Waals surface area contributed by atoms with Crippen LogP contribution in [0.2, 0.25) is 0 Å². The minimum atomic E-state index is -0.215. The summed E-state index contributed by atoms with van der Waals surface area (Å²) in [5.74, 6) is 0.532. The van der Waals surface area contributed by atoms with Crippen molar-refractivity contribution in [1.29, 1.82) is 0 Å². The normalized spacial score (nSPS) is 22.3. The SMILES string of the molecule is O=C(NCCCOC1CCCC1)C1CCCCn2nnnc21. The third-order valence-corrected chi connectivity index (χ3v) is 4.58. The van der Waals surface area contributed by atoms with E-state index in [1.807, 2.05) is 0 Å². The van der Waals surface area contributed by atoms with Crippen molar-refractivity contribution in [2.75, 3.05) is 13.2 Å². The maximum absolute atomic E-state index is 12.4. The maximum atomic E-state index is 12.4. The van der Waals surface area contributed by atoms with Crippen LogP contribution in [0.5, 0.6) is 0 Å². The fraction of sp³-hybridized carbons (Fsp3) is 0.867. The summed E-state index contributed by atoms with van der Waals surface area (Å²) < 4.78 is 7.57. The molecule has 2 heterocycles. The van der Waals surface area contributed by atoms with Crippen molar-refractivity contribution in [2.45, 2.75) is 69.9 Å². The van der Waals surface area contributed by atoms with E-state index in [2.05, 4.69) is 20.8 Å². The second-order valence-corrected chi connectivity index (χ2v) is 6.23. The average Bonchev–Trinajstić information content (AvgIpc) is 3.16. The third kappa shape index (κ3) is 3.82. The highest BCUT2D eigenvalue weighted by Crippen LogP contribution is 2.24. The van der Waals surface area contributed by atoms with Crippen molar-refractivity contribution in [3.05, 3.63) is 5.82 Å². The highest BCUT2D eigenvalue weighted by atomic mass is 16.5. The van der Waals surface area contributed by atoms with E-state index in [0.717, 1.165) is 38.8 Å². The molecule has 1 unspecified atom stereocenters. The van der Waals surface area contributed by atoms with Crippen LogP contribution in [0.25, 0.3) is 0 Å². The van der Waals surface area contributed by atoms with E-state index in [0.29, 0.717) is 18.5 Å². The molecule has 122 valence electrons. The van der Waals surface area contributed by atoms with Crippen LogP contribution in [-0.2, 0) is 16.1 Å². The van der Waals surface area contributed by atoms with Crippen LogP contribution in [-0.4, -0.2) is 45.4 Å². The molecule has 1 fully saturated rings. The first-order valence-corrected chi connectivity index (χ1v) is 8.50. The predicted molar refractivity (Wildman–Crippen MR) is 80.2 cm³/mol. The minimum Gasteiger partial charge on any atom is -0.378 e. The molecular formula is C15H25N5O2. The topological polar surface area (TPSA) is 81.9 Å². The fourth-order valence-electron chi connectivity index (χ4n) is 3.32. The van der Waals surface area contributed by atoms with E-state index < -0.39 is 0 Å². The Hall–Kier alpha value is -1.50. The number of hydrogen-bond acceptors (Lipinski definition) is 5. The molecule has 0 radical (unpaired) electrons. The van der Waals surface area contributed by atoms with Crippen molar-refractivity contribution in [2.24, 2.45) is 0 Å². The van der Waals surface area contributed by atoms with Crippen LogP contribution < -0.4 is 5.32 Å². The summed E-state index contributed by atoms with van der Waals surface area (Å²) in [6, 6.07) is 0. The number of hydrogen-bond donors (Lipinski definition) is 1. The fourth-order valence-corrected chi connectivity index (χ4v) is 3.32. The van der Waals surface area contributed by atoms with Crippen molar-refractivity contribution in [3.63, 3.8) is 0 Å². The predicted octanol–water partition coefficient (Wildman–Crippen LogP) is 1.41. The Bertz CT molecular complexity index is 484. The third-order valence-electron chi connectivity index (χ3n) is 4.58. The zero-order chi connectivity index (χ0) is 15.2. The maximum Gasteiger partial charge on any atom is 0.230 e. The second-order valence-electron chi connectivity index (χ2n) is 6.23. The number of nitrogens with one attached hydrogen (secondary N) is 1. The summed E-state index contributed by atoms with van der Waals surface area (Å²) >= 11 is 0. The molecule has 1 amide bonds. The molecule has 0 saturated heterocycles. The molecule has 1 saturated carbocycles. The van der Waals surface area contributed by atoms with Gasteiger partial charge in [-0.1, -0.05) is 19.3 Å². The van der Waals surface area contributed by atoms with Gasteiger partial charge in [-0.25, -0.2) is 4.68 Å². The van der Waals surface area contributed by atoms with Crippen LogP contribution in [0, 0.1) is 0 Å². The molecule has 1 aliphatic carbocycles. The average molecular weight is 307 g/mol. The Morgan fingerprint density at radius 1 is 1.23 bits per heavy atom. The Balaban J connectivity index is 1.40. The summed E-state index contributed by atoms with van der Waals surface area (Å²) in [5.41, 5.74) is 0. The molecule has 1 N–H and O–H groups in total. The lowest BCUT2D eigenvalue weighted by molar-refractivity contribution is -0.123. The van der Waals surface area contributed by atoms with Gasteiger partial charge in [0, 0.05) is 19.7 Å². The van der Waals surface area contributed by atoms with Crippen LogP contribution in [0.3, 0.4) is 0 Å². The van der Waals surface area contributed by atoms with E-state index >= 15 is 0 Å². The lowest BCUT2D eigenvalue weighted by atomic mass is 10.0. The molecule has 1 aromatic heterocycles. The monoisotopic (exact) mass is 307 g/mol. The number of amides is 1. The molecule has 22 heavy (non-hydrogen) atoms. The number of aromatic nitrogens is 4. The first-order valence-electron chi connectivity index (χ1n) is 8.50. The Morgan fingerprint density at radius 2 is 2.05 bits per heavy atom. The van der Waals surface area contributed by atoms with Gasteiger partial charge < -0.3 is 10.1 Å². The summed E-state index contributed by atoms with van der Waals surface area (Å²) in [5, 5.41) is 14.7. The summed E-state index contributed by atoms with van der Waals surface area (Å²) in [7, 11) is 0. The quantitative estimate of drug-likeness (QED) is 0.804.